The molecule has 20 heavy (non-hydrogen) atoms. The lowest BCUT2D eigenvalue weighted by atomic mass is 9.94. The van der Waals surface area contributed by atoms with Crippen molar-refractivity contribution in [2.24, 2.45) is 10.9 Å². The lowest BCUT2D eigenvalue weighted by Gasteiger charge is -2.34. The zero-order valence-corrected chi connectivity index (χ0v) is 12.6. The number of nitrogens with zero attached hydrogens (tertiary/aromatic N) is 2. The highest BCUT2D eigenvalue weighted by Crippen LogP contribution is 2.21. The predicted molar refractivity (Wildman–Crippen MR) is 82.8 cm³/mol. The van der Waals surface area contributed by atoms with Gasteiger partial charge in [0.15, 0.2) is 0 Å². The Bertz CT molecular complexity index is 445. The fraction of sp³-hybridized carbons (Fsp3) is 0.625. The molecule has 0 atom stereocenters. The van der Waals surface area contributed by atoms with Gasteiger partial charge in [0.2, 0.25) is 5.91 Å². The third-order valence-electron chi connectivity index (χ3n) is 4.02. The standard InChI is InChI=1S/C16H25N3O/c1-4-13-11-19(10-7-15(13)18-12(2)3)16(20)14-5-8-17-9-6-14/h4,14,17H,2,5-11H2,1,3H3/b13-4-,18-15?. The molecule has 2 rings (SSSR count). The van der Waals surface area contributed by atoms with Gasteiger partial charge in [-0.25, -0.2) is 0 Å². The number of carbonyl (C=O) groups excluding carboxylic acids is 1. The summed E-state index contributed by atoms with van der Waals surface area (Å²) in [4.78, 5) is 19.1. The third-order valence-corrected chi connectivity index (χ3v) is 4.02. The van der Waals surface area contributed by atoms with Gasteiger partial charge in [0.25, 0.3) is 0 Å². The van der Waals surface area contributed by atoms with Crippen LogP contribution in [0.15, 0.2) is 28.9 Å². The minimum absolute atomic E-state index is 0.203. The van der Waals surface area contributed by atoms with Crippen LogP contribution in [0, 0.1) is 5.92 Å². The molecular formula is C16H25N3O. The van der Waals surface area contributed by atoms with E-state index in [9.17, 15) is 4.79 Å². The predicted octanol–water partition coefficient (Wildman–Crippen LogP) is 2.14. The Kier molecular flexibility index (Phi) is 5.12. The summed E-state index contributed by atoms with van der Waals surface area (Å²) in [6, 6.07) is 0. The number of nitrogens with one attached hydrogen (secondary N) is 1. The molecule has 0 spiro atoms. The number of piperidine rings is 2. The van der Waals surface area contributed by atoms with Crippen LogP contribution in [0.1, 0.15) is 33.1 Å². The Morgan fingerprint density at radius 2 is 2.15 bits per heavy atom. The molecule has 0 aromatic carbocycles. The number of carbonyl (C=O) groups is 1. The van der Waals surface area contributed by atoms with Crippen LogP contribution in [0.5, 0.6) is 0 Å². The molecule has 0 bridgehead atoms. The maximum absolute atomic E-state index is 12.6. The summed E-state index contributed by atoms with van der Waals surface area (Å²) >= 11 is 0. The minimum atomic E-state index is 0.203. The van der Waals surface area contributed by atoms with E-state index in [4.69, 9.17) is 0 Å². The monoisotopic (exact) mass is 275 g/mol. The van der Waals surface area contributed by atoms with Crippen LogP contribution in [-0.2, 0) is 4.79 Å². The van der Waals surface area contributed by atoms with Gasteiger partial charge >= 0.3 is 0 Å². The molecule has 2 aliphatic rings. The van der Waals surface area contributed by atoms with Gasteiger partial charge in [-0.1, -0.05) is 12.7 Å². The van der Waals surface area contributed by atoms with Crippen molar-refractivity contribution in [3.05, 3.63) is 23.9 Å². The number of allylic oxidation sites excluding steroid dienone is 2. The van der Waals surface area contributed by atoms with Gasteiger partial charge in [-0.15, -0.1) is 0 Å². The molecule has 0 aromatic heterocycles. The molecule has 110 valence electrons. The molecule has 2 aliphatic heterocycles. The molecule has 4 heteroatoms. The number of hydrogen-bond acceptors (Lipinski definition) is 3. The summed E-state index contributed by atoms with van der Waals surface area (Å²) in [5.41, 5.74) is 3.09. The zero-order valence-electron chi connectivity index (χ0n) is 12.6. The topological polar surface area (TPSA) is 44.7 Å². The largest absolute Gasteiger partial charge is 0.338 e. The van der Waals surface area contributed by atoms with E-state index in [1.165, 1.54) is 5.57 Å². The van der Waals surface area contributed by atoms with Gasteiger partial charge < -0.3 is 10.2 Å². The van der Waals surface area contributed by atoms with E-state index in [0.29, 0.717) is 12.5 Å². The quantitative estimate of drug-likeness (QED) is 0.839. The highest BCUT2D eigenvalue weighted by molar-refractivity contribution is 6.02. The molecule has 0 aromatic rings. The minimum Gasteiger partial charge on any atom is -0.338 e. The molecule has 0 unspecified atom stereocenters. The van der Waals surface area contributed by atoms with Crippen molar-refractivity contribution in [1.29, 1.82) is 0 Å². The second kappa shape index (κ2) is 6.84. The fourth-order valence-corrected chi connectivity index (χ4v) is 2.91. The second-order valence-electron chi connectivity index (χ2n) is 5.64. The Labute approximate surface area is 121 Å². The molecular weight excluding hydrogens is 250 g/mol. The Balaban J connectivity index is 2.02. The highest BCUT2D eigenvalue weighted by Gasteiger charge is 2.29. The summed E-state index contributed by atoms with van der Waals surface area (Å²) in [5.74, 6) is 0.522. The van der Waals surface area contributed by atoms with Crippen LogP contribution in [0.4, 0.5) is 0 Å². The number of rotatable bonds is 2. The van der Waals surface area contributed by atoms with E-state index >= 15 is 0 Å². The smallest absolute Gasteiger partial charge is 0.226 e. The molecule has 2 heterocycles. The zero-order chi connectivity index (χ0) is 14.5. The van der Waals surface area contributed by atoms with Crippen LogP contribution in [0.2, 0.25) is 0 Å². The fourth-order valence-electron chi connectivity index (χ4n) is 2.91. The SMILES string of the molecule is C=C(C)N=C1CCN(C(=O)C2CCNCC2)C/C1=C/C. The molecule has 1 amide bonds. The lowest BCUT2D eigenvalue weighted by Crippen LogP contribution is -2.45. The van der Waals surface area contributed by atoms with Crippen molar-refractivity contribution in [3.63, 3.8) is 0 Å². The molecule has 0 radical (unpaired) electrons. The summed E-state index contributed by atoms with van der Waals surface area (Å²) in [5, 5.41) is 3.31. The van der Waals surface area contributed by atoms with Gasteiger partial charge in [-0.05, 0) is 45.4 Å². The number of amides is 1. The second-order valence-corrected chi connectivity index (χ2v) is 5.64. The van der Waals surface area contributed by atoms with Gasteiger partial charge in [0.05, 0.1) is 0 Å². The summed E-state index contributed by atoms with van der Waals surface area (Å²) in [6.07, 6.45) is 4.84. The van der Waals surface area contributed by atoms with E-state index in [1.807, 2.05) is 18.7 Å². The first kappa shape index (κ1) is 15.0. The van der Waals surface area contributed by atoms with Gasteiger partial charge in [0, 0.05) is 36.8 Å². The summed E-state index contributed by atoms with van der Waals surface area (Å²) in [6.45, 7) is 11.2. The van der Waals surface area contributed by atoms with Gasteiger partial charge in [0.1, 0.15) is 0 Å². The summed E-state index contributed by atoms with van der Waals surface area (Å²) < 4.78 is 0. The van der Waals surface area contributed by atoms with Crippen LogP contribution >= 0.6 is 0 Å². The van der Waals surface area contributed by atoms with E-state index in [-0.39, 0.29) is 5.92 Å². The van der Waals surface area contributed by atoms with Crippen LogP contribution < -0.4 is 5.32 Å². The Morgan fingerprint density at radius 3 is 2.75 bits per heavy atom. The van der Waals surface area contributed by atoms with E-state index < -0.39 is 0 Å². The Hall–Kier alpha value is -1.42. The first-order valence-electron chi connectivity index (χ1n) is 7.50. The molecule has 0 aliphatic carbocycles. The Morgan fingerprint density at radius 1 is 1.45 bits per heavy atom. The molecule has 2 fully saturated rings. The average Bonchev–Trinajstić information content (AvgIpc) is 2.47. The van der Waals surface area contributed by atoms with Crippen molar-refractivity contribution in [2.75, 3.05) is 26.2 Å². The molecule has 4 nitrogen and oxygen atoms in total. The van der Waals surface area contributed by atoms with Crippen molar-refractivity contribution in [3.8, 4) is 0 Å². The van der Waals surface area contributed by atoms with Crippen LogP contribution in [0.3, 0.4) is 0 Å². The third kappa shape index (κ3) is 3.57. The number of likely N-dealkylation sites (tertiary alicyclic amines) is 1. The number of hydrogen-bond donors (Lipinski definition) is 1. The maximum atomic E-state index is 12.6. The van der Waals surface area contributed by atoms with Crippen LogP contribution in [0.25, 0.3) is 0 Å². The van der Waals surface area contributed by atoms with E-state index in [0.717, 1.165) is 50.3 Å². The van der Waals surface area contributed by atoms with Crippen molar-refractivity contribution in [2.45, 2.75) is 33.1 Å². The van der Waals surface area contributed by atoms with Crippen molar-refractivity contribution in [1.82, 2.24) is 10.2 Å². The van der Waals surface area contributed by atoms with Crippen molar-refractivity contribution >= 4 is 11.6 Å². The van der Waals surface area contributed by atoms with E-state index in [1.54, 1.807) is 0 Å². The average molecular weight is 275 g/mol. The van der Waals surface area contributed by atoms with E-state index in [2.05, 4.69) is 23.0 Å². The maximum Gasteiger partial charge on any atom is 0.226 e. The summed E-state index contributed by atoms with van der Waals surface area (Å²) in [7, 11) is 0. The molecule has 2 saturated heterocycles. The van der Waals surface area contributed by atoms with Crippen LogP contribution in [-0.4, -0.2) is 42.7 Å². The highest BCUT2D eigenvalue weighted by atomic mass is 16.2. The molecule has 1 N–H and O–H groups in total. The van der Waals surface area contributed by atoms with Gasteiger partial charge in [-0.3, -0.25) is 9.79 Å². The first-order chi connectivity index (χ1) is 9.61. The normalized spacial score (nSPS) is 25.2. The number of aliphatic imine (C=N–C) groups is 1. The lowest BCUT2D eigenvalue weighted by molar-refractivity contribution is -0.136. The van der Waals surface area contributed by atoms with Crippen molar-refractivity contribution < 1.29 is 4.79 Å². The van der Waals surface area contributed by atoms with Gasteiger partial charge in [-0.2, -0.15) is 0 Å². The molecule has 0 saturated carbocycles. The first-order valence-corrected chi connectivity index (χ1v) is 7.50.